The first kappa shape index (κ1) is 14.9. The van der Waals surface area contributed by atoms with Crippen LogP contribution in [0, 0.1) is 0 Å². The third-order valence-corrected chi connectivity index (χ3v) is 3.32. The maximum Gasteiger partial charge on any atom is 0.246 e. The molecule has 1 amide bonds. The van der Waals surface area contributed by atoms with Crippen molar-refractivity contribution in [2.45, 2.75) is 38.8 Å². The summed E-state index contributed by atoms with van der Waals surface area (Å²) < 4.78 is 10.8. The largest absolute Gasteiger partial charge is 0.376 e. The second kappa shape index (κ2) is 7.97. The maximum absolute atomic E-state index is 11.6. The van der Waals surface area contributed by atoms with Crippen LogP contribution in [-0.2, 0) is 27.2 Å². The van der Waals surface area contributed by atoms with Crippen molar-refractivity contribution in [3.63, 3.8) is 0 Å². The van der Waals surface area contributed by atoms with Gasteiger partial charge in [0.1, 0.15) is 6.61 Å². The molecule has 0 radical (unpaired) electrons. The zero-order chi connectivity index (χ0) is 14.2. The van der Waals surface area contributed by atoms with Crippen molar-refractivity contribution in [1.82, 2.24) is 10.3 Å². The van der Waals surface area contributed by atoms with E-state index in [0.29, 0.717) is 13.2 Å². The van der Waals surface area contributed by atoms with Gasteiger partial charge in [-0.25, -0.2) is 0 Å². The van der Waals surface area contributed by atoms with Gasteiger partial charge in [0, 0.05) is 12.8 Å². The van der Waals surface area contributed by atoms with Crippen molar-refractivity contribution in [2.24, 2.45) is 0 Å². The molecular formula is C15H22N2O3. The Kier molecular flexibility index (Phi) is 5.95. The zero-order valence-corrected chi connectivity index (χ0v) is 11.9. The van der Waals surface area contributed by atoms with Gasteiger partial charge in [0.15, 0.2) is 0 Å². The summed E-state index contributed by atoms with van der Waals surface area (Å²) in [4.78, 5) is 15.9. The van der Waals surface area contributed by atoms with Crippen LogP contribution in [0.3, 0.4) is 0 Å². The van der Waals surface area contributed by atoms with Crippen LogP contribution in [0.2, 0.25) is 0 Å². The molecule has 0 unspecified atom stereocenters. The van der Waals surface area contributed by atoms with Gasteiger partial charge in [-0.3, -0.25) is 9.78 Å². The van der Waals surface area contributed by atoms with Gasteiger partial charge in [-0.2, -0.15) is 0 Å². The minimum atomic E-state index is -0.121. The smallest absolute Gasteiger partial charge is 0.246 e. The minimum Gasteiger partial charge on any atom is -0.376 e. The van der Waals surface area contributed by atoms with Crippen molar-refractivity contribution >= 4 is 5.91 Å². The SMILES string of the molecule is CCc1ccc(CNC(=O)COC[C@H]2CCCO2)nc1. The molecule has 1 atom stereocenters. The van der Waals surface area contributed by atoms with E-state index in [1.165, 1.54) is 5.56 Å². The minimum absolute atomic E-state index is 0.0763. The van der Waals surface area contributed by atoms with Crippen LogP contribution in [0.4, 0.5) is 0 Å². The van der Waals surface area contributed by atoms with Gasteiger partial charge in [-0.1, -0.05) is 13.0 Å². The number of nitrogens with one attached hydrogen (secondary N) is 1. The number of pyridine rings is 1. The van der Waals surface area contributed by atoms with Crippen LogP contribution in [0.25, 0.3) is 0 Å². The van der Waals surface area contributed by atoms with E-state index in [4.69, 9.17) is 9.47 Å². The molecule has 5 nitrogen and oxygen atoms in total. The highest BCUT2D eigenvalue weighted by Crippen LogP contribution is 2.11. The molecule has 0 bridgehead atoms. The summed E-state index contributed by atoms with van der Waals surface area (Å²) in [7, 11) is 0. The summed E-state index contributed by atoms with van der Waals surface area (Å²) in [6, 6.07) is 3.97. The molecule has 1 aliphatic heterocycles. The van der Waals surface area contributed by atoms with Crippen molar-refractivity contribution < 1.29 is 14.3 Å². The van der Waals surface area contributed by atoms with E-state index in [9.17, 15) is 4.79 Å². The topological polar surface area (TPSA) is 60.5 Å². The van der Waals surface area contributed by atoms with Crippen molar-refractivity contribution in [2.75, 3.05) is 19.8 Å². The highest BCUT2D eigenvalue weighted by Gasteiger charge is 2.15. The maximum atomic E-state index is 11.6. The van der Waals surface area contributed by atoms with Gasteiger partial charge in [-0.15, -0.1) is 0 Å². The van der Waals surface area contributed by atoms with E-state index in [1.54, 1.807) is 0 Å². The summed E-state index contributed by atoms with van der Waals surface area (Å²) in [6.45, 7) is 3.90. The molecule has 2 rings (SSSR count). The first-order valence-corrected chi connectivity index (χ1v) is 7.17. The number of carbonyl (C=O) groups excluding carboxylic acids is 1. The molecule has 1 aliphatic rings. The standard InChI is InChI=1S/C15H22N2O3/c1-2-12-5-6-13(16-8-12)9-17-15(18)11-19-10-14-4-3-7-20-14/h5-6,8,14H,2-4,7,9-11H2,1H3,(H,17,18)/t14-/m1/s1. The Balaban J connectivity index is 1.61. The first-order chi connectivity index (χ1) is 9.78. The van der Waals surface area contributed by atoms with Crippen LogP contribution in [0.5, 0.6) is 0 Å². The highest BCUT2D eigenvalue weighted by molar-refractivity contribution is 5.77. The second-order valence-corrected chi connectivity index (χ2v) is 4.94. The Morgan fingerprint density at radius 3 is 3.10 bits per heavy atom. The quantitative estimate of drug-likeness (QED) is 0.820. The number of carbonyl (C=O) groups is 1. The zero-order valence-electron chi connectivity index (χ0n) is 11.9. The molecule has 5 heteroatoms. The lowest BCUT2D eigenvalue weighted by molar-refractivity contribution is -0.127. The molecule has 1 aromatic heterocycles. The van der Waals surface area contributed by atoms with E-state index >= 15 is 0 Å². The summed E-state index contributed by atoms with van der Waals surface area (Å²) >= 11 is 0. The molecule has 1 fully saturated rings. The Labute approximate surface area is 119 Å². The third-order valence-electron chi connectivity index (χ3n) is 3.32. The molecule has 0 aromatic carbocycles. The Bertz CT molecular complexity index is 414. The average molecular weight is 278 g/mol. The third kappa shape index (κ3) is 4.90. The summed E-state index contributed by atoms with van der Waals surface area (Å²) in [5.74, 6) is -0.121. The van der Waals surface area contributed by atoms with Gasteiger partial charge in [0.25, 0.3) is 0 Å². The number of aromatic nitrogens is 1. The summed E-state index contributed by atoms with van der Waals surface area (Å²) in [5.41, 5.74) is 2.05. The normalized spacial score (nSPS) is 18.1. The molecule has 110 valence electrons. The van der Waals surface area contributed by atoms with Gasteiger partial charge in [0.2, 0.25) is 5.91 Å². The van der Waals surface area contributed by atoms with E-state index in [2.05, 4.69) is 17.2 Å². The molecule has 1 saturated heterocycles. The summed E-state index contributed by atoms with van der Waals surface area (Å²) in [6.07, 6.45) is 5.08. The average Bonchev–Trinajstić information content (AvgIpc) is 2.99. The monoisotopic (exact) mass is 278 g/mol. The van der Waals surface area contributed by atoms with E-state index in [-0.39, 0.29) is 18.6 Å². The number of hydrogen-bond acceptors (Lipinski definition) is 4. The Morgan fingerprint density at radius 2 is 2.45 bits per heavy atom. The first-order valence-electron chi connectivity index (χ1n) is 7.17. The fourth-order valence-corrected chi connectivity index (χ4v) is 2.07. The fraction of sp³-hybridized carbons (Fsp3) is 0.600. The van der Waals surface area contributed by atoms with Crippen LogP contribution >= 0.6 is 0 Å². The molecule has 0 aliphatic carbocycles. The molecule has 1 N–H and O–H groups in total. The number of ether oxygens (including phenoxy) is 2. The number of nitrogens with zero attached hydrogens (tertiary/aromatic N) is 1. The van der Waals surface area contributed by atoms with E-state index in [1.807, 2.05) is 18.3 Å². The molecule has 0 spiro atoms. The van der Waals surface area contributed by atoms with Gasteiger partial charge in [0.05, 0.1) is 24.9 Å². The number of aryl methyl sites for hydroxylation is 1. The Morgan fingerprint density at radius 1 is 1.55 bits per heavy atom. The lowest BCUT2D eigenvalue weighted by Crippen LogP contribution is -2.29. The fourth-order valence-electron chi connectivity index (χ4n) is 2.07. The predicted octanol–water partition coefficient (Wildman–Crippen LogP) is 1.46. The van der Waals surface area contributed by atoms with Gasteiger partial charge in [-0.05, 0) is 30.9 Å². The van der Waals surface area contributed by atoms with Gasteiger partial charge >= 0.3 is 0 Å². The van der Waals surface area contributed by atoms with Crippen LogP contribution in [0.15, 0.2) is 18.3 Å². The number of rotatable bonds is 7. The van der Waals surface area contributed by atoms with Crippen LogP contribution < -0.4 is 5.32 Å². The van der Waals surface area contributed by atoms with Crippen LogP contribution in [0.1, 0.15) is 31.0 Å². The van der Waals surface area contributed by atoms with E-state index < -0.39 is 0 Å². The van der Waals surface area contributed by atoms with Crippen LogP contribution in [-0.4, -0.2) is 36.8 Å². The van der Waals surface area contributed by atoms with Gasteiger partial charge < -0.3 is 14.8 Å². The predicted molar refractivity (Wildman–Crippen MR) is 75.3 cm³/mol. The molecular weight excluding hydrogens is 256 g/mol. The second-order valence-electron chi connectivity index (χ2n) is 4.94. The number of hydrogen-bond donors (Lipinski definition) is 1. The Hall–Kier alpha value is -1.46. The lowest BCUT2D eigenvalue weighted by Gasteiger charge is -2.10. The molecule has 20 heavy (non-hydrogen) atoms. The number of amides is 1. The summed E-state index contributed by atoms with van der Waals surface area (Å²) in [5, 5.41) is 2.79. The van der Waals surface area contributed by atoms with Crippen molar-refractivity contribution in [3.05, 3.63) is 29.6 Å². The van der Waals surface area contributed by atoms with Crippen molar-refractivity contribution in [1.29, 1.82) is 0 Å². The van der Waals surface area contributed by atoms with Crippen molar-refractivity contribution in [3.8, 4) is 0 Å². The van der Waals surface area contributed by atoms with E-state index in [0.717, 1.165) is 31.6 Å². The molecule has 2 heterocycles. The molecule has 1 aromatic rings. The lowest BCUT2D eigenvalue weighted by atomic mass is 10.2. The highest BCUT2D eigenvalue weighted by atomic mass is 16.5. The molecule has 0 saturated carbocycles.